The maximum absolute atomic E-state index is 13.6. The van der Waals surface area contributed by atoms with Crippen LogP contribution >= 0.6 is 11.6 Å². The van der Waals surface area contributed by atoms with Gasteiger partial charge in [-0.3, -0.25) is 14.5 Å². The fourth-order valence-corrected chi connectivity index (χ4v) is 4.37. The molecular formula is C29H19ClFNO4. The summed E-state index contributed by atoms with van der Waals surface area (Å²) in [5, 5.41) is 11.6. The molecule has 1 aliphatic rings. The zero-order chi connectivity index (χ0) is 25.2. The number of aliphatic hydroxyl groups is 1. The third-order valence-corrected chi connectivity index (χ3v) is 6.04. The molecule has 1 atom stereocenters. The average molecular weight is 500 g/mol. The third kappa shape index (κ3) is 4.46. The van der Waals surface area contributed by atoms with Gasteiger partial charge in [0.15, 0.2) is 0 Å². The van der Waals surface area contributed by atoms with Crippen molar-refractivity contribution in [1.82, 2.24) is 0 Å². The molecule has 5 nitrogen and oxygen atoms in total. The van der Waals surface area contributed by atoms with Gasteiger partial charge in [-0.15, -0.1) is 0 Å². The number of rotatable bonds is 5. The lowest BCUT2D eigenvalue weighted by Gasteiger charge is -2.25. The number of hydrogen-bond donors (Lipinski definition) is 1. The number of carbonyl (C=O) groups excluding carboxylic acids is 2. The minimum atomic E-state index is -0.992. The lowest BCUT2D eigenvalue weighted by atomic mass is 9.95. The predicted molar refractivity (Wildman–Crippen MR) is 136 cm³/mol. The van der Waals surface area contributed by atoms with Gasteiger partial charge in [0.1, 0.15) is 23.1 Å². The van der Waals surface area contributed by atoms with Gasteiger partial charge in [0.05, 0.1) is 11.6 Å². The third-order valence-electron chi connectivity index (χ3n) is 5.80. The van der Waals surface area contributed by atoms with Gasteiger partial charge >= 0.3 is 0 Å². The molecule has 1 N–H and O–H groups in total. The van der Waals surface area contributed by atoms with Crippen molar-refractivity contribution in [3.05, 3.63) is 131 Å². The van der Waals surface area contributed by atoms with Crippen molar-refractivity contribution >= 4 is 34.7 Å². The monoisotopic (exact) mass is 499 g/mol. The molecule has 7 heteroatoms. The number of benzene rings is 4. The highest BCUT2D eigenvalue weighted by molar-refractivity contribution is 6.51. The summed E-state index contributed by atoms with van der Waals surface area (Å²) in [7, 11) is 0. The SMILES string of the molecule is O=C1C(=O)N(c2ccc(F)cc2)C(c2cccc(Oc3ccccc3)c2)/C1=C(/O)c1cccc(Cl)c1. The van der Waals surface area contributed by atoms with E-state index in [0.29, 0.717) is 33.3 Å². The number of hydrogen-bond acceptors (Lipinski definition) is 4. The van der Waals surface area contributed by atoms with E-state index in [9.17, 15) is 19.1 Å². The van der Waals surface area contributed by atoms with E-state index in [4.69, 9.17) is 16.3 Å². The van der Waals surface area contributed by atoms with Gasteiger partial charge in [-0.1, -0.05) is 54.1 Å². The molecule has 1 saturated heterocycles. The number of nitrogens with zero attached hydrogens (tertiary/aromatic N) is 1. The molecule has 0 radical (unpaired) electrons. The number of para-hydroxylation sites is 1. The molecule has 1 heterocycles. The van der Waals surface area contributed by atoms with Crippen LogP contribution < -0.4 is 9.64 Å². The molecule has 0 aliphatic carbocycles. The lowest BCUT2D eigenvalue weighted by molar-refractivity contribution is -0.132. The molecule has 4 aromatic carbocycles. The van der Waals surface area contributed by atoms with Gasteiger partial charge in [-0.25, -0.2) is 4.39 Å². The highest BCUT2D eigenvalue weighted by Crippen LogP contribution is 2.43. The Morgan fingerprint density at radius 2 is 1.53 bits per heavy atom. The Hall–Kier alpha value is -4.42. The molecule has 1 fully saturated rings. The van der Waals surface area contributed by atoms with Gasteiger partial charge < -0.3 is 9.84 Å². The second-order valence-electron chi connectivity index (χ2n) is 8.14. The van der Waals surface area contributed by atoms with Crippen LogP contribution in [0.25, 0.3) is 5.76 Å². The number of ketones is 1. The first-order valence-electron chi connectivity index (χ1n) is 11.1. The van der Waals surface area contributed by atoms with Gasteiger partial charge in [0, 0.05) is 16.3 Å². The molecule has 0 saturated carbocycles. The van der Waals surface area contributed by atoms with Crippen LogP contribution in [0.4, 0.5) is 10.1 Å². The largest absolute Gasteiger partial charge is 0.507 e. The van der Waals surface area contributed by atoms with Crippen LogP contribution in [0.3, 0.4) is 0 Å². The standard InChI is InChI=1S/C29H19ClFNO4/c30-20-8-4-7-19(16-20)27(33)25-26(32(29(35)28(25)34)22-14-12-21(31)13-15-22)18-6-5-11-24(17-18)36-23-9-2-1-3-10-23/h1-17,26,33H/b27-25-. The van der Waals surface area contributed by atoms with Gasteiger partial charge in [0.2, 0.25) is 0 Å². The van der Waals surface area contributed by atoms with Crippen LogP contribution in [0.2, 0.25) is 5.02 Å². The Balaban J connectivity index is 1.67. The van der Waals surface area contributed by atoms with Crippen molar-refractivity contribution in [3.8, 4) is 11.5 Å². The molecule has 5 rings (SSSR count). The van der Waals surface area contributed by atoms with Crippen LogP contribution in [-0.4, -0.2) is 16.8 Å². The highest BCUT2D eigenvalue weighted by Gasteiger charge is 2.47. The minimum absolute atomic E-state index is 0.108. The number of Topliss-reactive ketones (excluding diaryl/α,β-unsaturated/α-hetero) is 1. The van der Waals surface area contributed by atoms with Crippen molar-refractivity contribution in [2.45, 2.75) is 6.04 Å². The maximum Gasteiger partial charge on any atom is 0.300 e. The van der Waals surface area contributed by atoms with E-state index >= 15 is 0 Å². The van der Waals surface area contributed by atoms with E-state index in [-0.39, 0.29) is 11.3 Å². The Labute approximate surface area is 211 Å². The summed E-state index contributed by atoms with van der Waals surface area (Å²) in [6.45, 7) is 0. The van der Waals surface area contributed by atoms with Crippen molar-refractivity contribution in [3.63, 3.8) is 0 Å². The quantitative estimate of drug-likeness (QED) is 0.184. The number of ether oxygens (including phenoxy) is 1. The molecular weight excluding hydrogens is 481 g/mol. The molecule has 1 aliphatic heterocycles. The normalized spacial score (nSPS) is 16.8. The Bertz CT molecular complexity index is 1480. The van der Waals surface area contributed by atoms with E-state index in [1.54, 1.807) is 54.6 Å². The number of halogens is 2. The number of carbonyl (C=O) groups is 2. The van der Waals surface area contributed by atoms with E-state index in [0.717, 1.165) is 0 Å². The van der Waals surface area contributed by atoms with E-state index in [1.807, 2.05) is 18.2 Å². The molecule has 0 bridgehead atoms. The van der Waals surface area contributed by atoms with Crippen LogP contribution in [0.1, 0.15) is 17.2 Å². The Kier molecular flexibility index (Phi) is 6.27. The first-order chi connectivity index (χ1) is 17.4. The number of aliphatic hydroxyl groups excluding tert-OH is 1. The number of anilines is 1. The first kappa shape index (κ1) is 23.3. The predicted octanol–water partition coefficient (Wildman–Crippen LogP) is 6.90. The van der Waals surface area contributed by atoms with E-state index < -0.39 is 23.5 Å². The zero-order valence-corrected chi connectivity index (χ0v) is 19.5. The van der Waals surface area contributed by atoms with Crippen LogP contribution in [0.15, 0.2) is 109 Å². The smallest absolute Gasteiger partial charge is 0.300 e. The topological polar surface area (TPSA) is 66.8 Å². The summed E-state index contributed by atoms with van der Waals surface area (Å²) in [6, 6.07) is 26.7. The van der Waals surface area contributed by atoms with Crippen molar-refractivity contribution in [2.24, 2.45) is 0 Å². The Morgan fingerprint density at radius 1 is 0.833 bits per heavy atom. The molecule has 4 aromatic rings. The summed E-state index contributed by atoms with van der Waals surface area (Å²) in [5.41, 5.74) is 1.02. The van der Waals surface area contributed by atoms with Gasteiger partial charge in [-0.05, 0) is 66.2 Å². The highest BCUT2D eigenvalue weighted by atomic mass is 35.5. The fourth-order valence-electron chi connectivity index (χ4n) is 4.18. The molecule has 0 aromatic heterocycles. The second-order valence-corrected chi connectivity index (χ2v) is 8.58. The van der Waals surface area contributed by atoms with Crippen molar-refractivity contribution < 1.29 is 23.8 Å². The van der Waals surface area contributed by atoms with Gasteiger partial charge in [0.25, 0.3) is 11.7 Å². The summed E-state index contributed by atoms with van der Waals surface area (Å²) < 4.78 is 19.6. The molecule has 0 spiro atoms. The zero-order valence-electron chi connectivity index (χ0n) is 18.8. The minimum Gasteiger partial charge on any atom is -0.507 e. The average Bonchev–Trinajstić information content (AvgIpc) is 3.15. The number of amides is 1. The maximum atomic E-state index is 13.6. The van der Waals surface area contributed by atoms with E-state index in [2.05, 4.69) is 0 Å². The van der Waals surface area contributed by atoms with Crippen molar-refractivity contribution in [2.75, 3.05) is 4.90 Å². The summed E-state index contributed by atoms with van der Waals surface area (Å²) >= 11 is 6.10. The van der Waals surface area contributed by atoms with Crippen molar-refractivity contribution in [1.29, 1.82) is 0 Å². The molecule has 1 amide bonds. The first-order valence-corrected chi connectivity index (χ1v) is 11.5. The molecule has 36 heavy (non-hydrogen) atoms. The van der Waals surface area contributed by atoms with Crippen LogP contribution in [-0.2, 0) is 9.59 Å². The lowest BCUT2D eigenvalue weighted by Crippen LogP contribution is -2.29. The summed E-state index contributed by atoms with van der Waals surface area (Å²) in [6.07, 6.45) is 0. The second kappa shape index (κ2) is 9.68. The Morgan fingerprint density at radius 3 is 2.25 bits per heavy atom. The van der Waals surface area contributed by atoms with E-state index in [1.165, 1.54) is 35.2 Å². The fraction of sp³-hybridized carbons (Fsp3) is 0.0345. The van der Waals surface area contributed by atoms with Crippen LogP contribution in [0.5, 0.6) is 11.5 Å². The summed E-state index contributed by atoms with van der Waals surface area (Å²) in [5.74, 6) is -1.46. The molecule has 178 valence electrons. The molecule has 1 unspecified atom stereocenters. The summed E-state index contributed by atoms with van der Waals surface area (Å²) in [4.78, 5) is 27.8. The van der Waals surface area contributed by atoms with Gasteiger partial charge in [-0.2, -0.15) is 0 Å². The van der Waals surface area contributed by atoms with Crippen LogP contribution in [0, 0.1) is 5.82 Å².